The van der Waals surface area contributed by atoms with Crippen LogP contribution >= 0.6 is 0 Å². The molecule has 0 bridgehead atoms. The summed E-state index contributed by atoms with van der Waals surface area (Å²) >= 11 is 0. The van der Waals surface area contributed by atoms with Crippen LogP contribution in [0, 0.1) is 13.8 Å². The number of nitrogens with zero attached hydrogens (tertiary/aromatic N) is 2. The summed E-state index contributed by atoms with van der Waals surface area (Å²) in [5.41, 5.74) is 11.2. The van der Waals surface area contributed by atoms with Crippen molar-refractivity contribution in [1.82, 2.24) is 9.97 Å². The molecule has 122 valence electrons. The molecule has 4 N–H and O–H groups in total. The SMILES string of the molecule is Cc1cc(C)cc(Nc2ncnc(NCc3ccccc3)c2N)c1. The number of anilines is 4. The van der Waals surface area contributed by atoms with Crippen LogP contribution in [0.5, 0.6) is 0 Å². The number of hydrogen-bond donors (Lipinski definition) is 3. The second-order valence-electron chi connectivity index (χ2n) is 5.83. The van der Waals surface area contributed by atoms with Crippen LogP contribution in [0.25, 0.3) is 0 Å². The van der Waals surface area contributed by atoms with Gasteiger partial charge in [0, 0.05) is 12.2 Å². The van der Waals surface area contributed by atoms with E-state index in [-0.39, 0.29) is 0 Å². The van der Waals surface area contributed by atoms with Crippen molar-refractivity contribution in [3.8, 4) is 0 Å². The summed E-state index contributed by atoms with van der Waals surface area (Å²) in [4.78, 5) is 8.50. The van der Waals surface area contributed by atoms with Gasteiger partial charge in [-0.1, -0.05) is 36.4 Å². The maximum absolute atomic E-state index is 6.22. The first-order valence-electron chi connectivity index (χ1n) is 7.85. The van der Waals surface area contributed by atoms with Crippen molar-refractivity contribution in [3.05, 3.63) is 71.5 Å². The largest absolute Gasteiger partial charge is 0.393 e. The number of hydrogen-bond acceptors (Lipinski definition) is 5. The Labute approximate surface area is 142 Å². The van der Waals surface area contributed by atoms with Gasteiger partial charge in [0.25, 0.3) is 0 Å². The Bertz CT molecular complexity index is 810. The van der Waals surface area contributed by atoms with Crippen LogP contribution in [0.15, 0.2) is 54.9 Å². The Morgan fingerprint density at radius 1 is 0.917 bits per heavy atom. The highest BCUT2D eigenvalue weighted by Gasteiger charge is 2.08. The average Bonchev–Trinajstić information content (AvgIpc) is 2.56. The van der Waals surface area contributed by atoms with Crippen molar-refractivity contribution < 1.29 is 0 Å². The Hall–Kier alpha value is -3.08. The fraction of sp³-hybridized carbons (Fsp3) is 0.158. The molecule has 0 aliphatic carbocycles. The highest BCUT2D eigenvalue weighted by Crippen LogP contribution is 2.27. The lowest BCUT2D eigenvalue weighted by atomic mass is 10.1. The maximum atomic E-state index is 6.22. The molecule has 0 aliphatic rings. The highest BCUT2D eigenvalue weighted by molar-refractivity contribution is 5.77. The predicted molar refractivity (Wildman–Crippen MR) is 99.4 cm³/mol. The van der Waals surface area contributed by atoms with Crippen LogP contribution in [0.3, 0.4) is 0 Å². The normalized spacial score (nSPS) is 10.4. The van der Waals surface area contributed by atoms with Gasteiger partial charge in [-0.05, 0) is 42.7 Å². The van der Waals surface area contributed by atoms with Crippen molar-refractivity contribution in [1.29, 1.82) is 0 Å². The fourth-order valence-corrected chi connectivity index (χ4v) is 2.60. The van der Waals surface area contributed by atoms with Gasteiger partial charge in [-0.3, -0.25) is 0 Å². The third kappa shape index (κ3) is 3.81. The van der Waals surface area contributed by atoms with E-state index >= 15 is 0 Å². The first-order valence-corrected chi connectivity index (χ1v) is 7.85. The third-order valence-corrected chi connectivity index (χ3v) is 3.67. The lowest BCUT2D eigenvalue weighted by Gasteiger charge is -2.13. The maximum Gasteiger partial charge on any atom is 0.159 e. The monoisotopic (exact) mass is 319 g/mol. The molecule has 24 heavy (non-hydrogen) atoms. The van der Waals surface area contributed by atoms with Crippen molar-refractivity contribution >= 4 is 23.0 Å². The molecule has 5 heteroatoms. The number of nitrogen functional groups attached to an aromatic ring is 1. The molecule has 0 saturated heterocycles. The molecule has 1 heterocycles. The van der Waals surface area contributed by atoms with Gasteiger partial charge >= 0.3 is 0 Å². The predicted octanol–water partition coefficient (Wildman–Crippen LogP) is 4.03. The van der Waals surface area contributed by atoms with E-state index in [0.29, 0.717) is 23.9 Å². The number of benzene rings is 2. The Balaban J connectivity index is 1.77. The summed E-state index contributed by atoms with van der Waals surface area (Å²) in [6, 6.07) is 16.4. The van der Waals surface area contributed by atoms with Gasteiger partial charge in [0.1, 0.15) is 12.0 Å². The van der Waals surface area contributed by atoms with Gasteiger partial charge in [0.2, 0.25) is 0 Å². The fourth-order valence-electron chi connectivity index (χ4n) is 2.60. The summed E-state index contributed by atoms with van der Waals surface area (Å²) in [6.45, 7) is 4.79. The molecule has 0 unspecified atom stereocenters. The van der Waals surface area contributed by atoms with Gasteiger partial charge in [-0.2, -0.15) is 0 Å². The van der Waals surface area contributed by atoms with Crippen LogP contribution in [0.4, 0.5) is 23.0 Å². The summed E-state index contributed by atoms with van der Waals surface area (Å²) in [5.74, 6) is 1.23. The van der Waals surface area contributed by atoms with E-state index in [1.807, 2.05) is 18.2 Å². The van der Waals surface area contributed by atoms with E-state index in [1.165, 1.54) is 23.0 Å². The lowest BCUT2D eigenvalue weighted by molar-refractivity contribution is 1.09. The first-order chi connectivity index (χ1) is 11.6. The zero-order chi connectivity index (χ0) is 16.9. The minimum absolute atomic E-state index is 0.507. The quantitative estimate of drug-likeness (QED) is 0.662. The molecule has 3 aromatic rings. The van der Waals surface area contributed by atoms with Crippen molar-refractivity contribution in [2.45, 2.75) is 20.4 Å². The molecule has 0 radical (unpaired) electrons. The Kier molecular flexibility index (Phi) is 4.61. The van der Waals surface area contributed by atoms with E-state index in [2.05, 4.69) is 64.8 Å². The second-order valence-corrected chi connectivity index (χ2v) is 5.83. The molecule has 0 aliphatic heterocycles. The summed E-state index contributed by atoms with van der Waals surface area (Å²) < 4.78 is 0. The third-order valence-electron chi connectivity index (χ3n) is 3.67. The molecule has 0 spiro atoms. The summed E-state index contributed by atoms with van der Waals surface area (Å²) in [5, 5.41) is 6.54. The van der Waals surface area contributed by atoms with Crippen molar-refractivity contribution in [3.63, 3.8) is 0 Å². The molecule has 5 nitrogen and oxygen atoms in total. The molecule has 0 amide bonds. The van der Waals surface area contributed by atoms with E-state index in [0.717, 1.165) is 5.69 Å². The second kappa shape index (κ2) is 7.00. The lowest BCUT2D eigenvalue weighted by Crippen LogP contribution is -2.08. The van der Waals surface area contributed by atoms with Gasteiger partial charge in [-0.15, -0.1) is 0 Å². The van der Waals surface area contributed by atoms with Crippen LogP contribution in [-0.2, 0) is 6.54 Å². The van der Waals surface area contributed by atoms with E-state index < -0.39 is 0 Å². The minimum atomic E-state index is 0.507. The molecule has 3 rings (SSSR count). The van der Waals surface area contributed by atoms with Crippen molar-refractivity contribution in [2.24, 2.45) is 0 Å². The number of nitrogens with two attached hydrogens (primary N) is 1. The summed E-state index contributed by atoms with van der Waals surface area (Å²) in [7, 11) is 0. The van der Waals surface area contributed by atoms with Crippen molar-refractivity contribution in [2.75, 3.05) is 16.4 Å². The minimum Gasteiger partial charge on any atom is -0.393 e. The zero-order valence-electron chi connectivity index (χ0n) is 13.9. The standard InChI is InChI=1S/C19H21N5/c1-13-8-14(2)10-16(9-13)24-19-17(20)18(22-12-23-19)21-11-15-6-4-3-5-7-15/h3-10,12H,11,20H2,1-2H3,(H2,21,22,23,24). The number of rotatable bonds is 5. The van der Waals surface area contributed by atoms with Crippen LogP contribution in [0.2, 0.25) is 0 Å². The molecule has 0 fully saturated rings. The van der Waals surface area contributed by atoms with E-state index in [4.69, 9.17) is 5.73 Å². The van der Waals surface area contributed by atoms with Crippen LogP contribution in [-0.4, -0.2) is 9.97 Å². The van der Waals surface area contributed by atoms with Gasteiger partial charge < -0.3 is 16.4 Å². The number of aryl methyl sites for hydroxylation is 2. The smallest absolute Gasteiger partial charge is 0.159 e. The van der Waals surface area contributed by atoms with Crippen LogP contribution in [0.1, 0.15) is 16.7 Å². The molecule has 0 atom stereocenters. The molecule has 1 aromatic heterocycles. The Morgan fingerprint density at radius 3 is 2.29 bits per heavy atom. The van der Waals surface area contributed by atoms with Crippen LogP contribution < -0.4 is 16.4 Å². The summed E-state index contributed by atoms with van der Waals surface area (Å²) in [6.07, 6.45) is 1.51. The zero-order valence-corrected chi connectivity index (χ0v) is 13.9. The van der Waals surface area contributed by atoms with Gasteiger partial charge in [0.05, 0.1) is 0 Å². The van der Waals surface area contributed by atoms with E-state index in [1.54, 1.807) is 0 Å². The number of aromatic nitrogens is 2. The van der Waals surface area contributed by atoms with Gasteiger partial charge in [0.15, 0.2) is 11.6 Å². The topological polar surface area (TPSA) is 75.9 Å². The van der Waals surface area contributed by atoms with Gasteiger partial charge in [-0.25, -0.2) is 9.97 Å². The molecule has 0 saturated carbocycles. The average molecular weight is 319 g/mol. The molecular weight excluding hydrogens is 298 g/mol. The highest BCUT2D eigenvalue weighted by atomic mass is 15.1. The molecule has 2 aromatic carbocycles. The van der Waals surface area contributed by atoms with E-state index in [9.17, 15) is 0 Å². The first kappa shape index (κ1) is 15.8. The number of nitrogens with one attached hydrogen (secondary N) is 2. The Morgan fingerprint density at radius 2 is 1.58 bits per heavy atom. The molecular formula is C19H21N5.